The maximum Gasteiger partial charge on any atom is 0.123 e. The fourth-order valence-electron chi connectivity index (χ4n) is 4.82. The Bertz CT molecular complexity index is 747. The van der Waals surface area contributed by atoms with E-state index in [-0.39, 0.29) is 5.82 Å². The Morgan fingerprint density at radius 3 is 2.32 bits per heavy atom. The largest absolute Gasteiger partial charge is 0.497 e. The minimum atomic E-state index is -0.135. The average molecular weight is 383 g/mol. The molecule has 3 nitrogen and oxygen atoms in total. The molecule has 1 saturated carbocycles. The van der Waals surface area contributed by atoms with Crippen LogP contribution in [0.5, 0.6) is 5.75 Å². The predicted molar refractivity (Wildman–Crippen MR) is 111 cm³/mol. The molecule has 1 aliphatic heterocycles. The zero-order valence-electron chi connectivity index (χ0n) is 16.8. The van der Waals surface area contributed by atoms with Gasteiger partial charge in [-0.2, -0.15) is 0 Å². The van der Waals surface area contributed by atoms with Gasteiger partial charge in [0.05, 0.1) is 7.11 Å². The van der Waals surface area contributed by atoms with E-state index in [1.165, 1.54) is 36.8 Å². The molecule has 0 spiro atoms. The van der Waals surface area contributed by atoms with Crippen LogP contribution in [0.25, 0.3) is 0 Å². The molecule has 1 heterocycles. The van der Waals surface area contributed by atoms with Gasteiger partial charge in [0.2, 0.25) is 0 Å². The van der Waals surface area contributed by atoms with Crippen LogP contribution in [0.2, 0.25) is 0 Å². The van der Waals surface area contributed by atoms with Crippen LogP contribution in [0.1, 0.15) is 42.7 Å². The molecule has 2 aromatic rings. The van der Waals surface area contributed by atoms with E-state index >= 15 is 0 Å². The maximum atomic E-state index is 13.1. The second kappa shape index (κ2) is 9.06. The average Bonchev–Trinajstić information content (AvgIpc) is 2.75. The van der Waals surface area contributed by atoms with Gasteiger partial charge in [-0.15, -0.1) is 0 Å². The Kier molecular flexibility index (Phi) is 6.28. The number of piperazine rings is 1. The Hall–Kier alpha value is -1.91. The van der Waals surface area contributed by atoms with E-state index in [1.807, 2.05) is 18.2 Å². The summed E-state index contributed by atoms with van der Waals surface area (Å²) in [5.74, 6) is 1.41. The van der Waals surface area contributed by atoms with Crippen LogP contribution in [0, 0.1) is 5.82 Å². The number of rotatable bonds is 5. The lowest BCUT2D eigenvalue weighted by Crippen LogP contribution is -2.50. The van der Waals surface area contributed by atoms with Crippen LogP contribution in [-0.4, -0.2) is 49.1 Å². The van der Waals surface area contributed by atoms with Gasteiger partial charge in [-0.05, 0) is 67.0 Å². The van der Waals surface area contributed by atoms with Crippen LogP contribution >= 0.6 is 0 Å². The van der Waals surface area contributed by atoms with Gasteiger partial charge in [0.25, 0.3) is 0 Å². The van der Waals surface area contributed by atoms with Crippen molar-refractivity contribution in [3.8, 4) is 5.75 Å². The van der Waals surface area contributed by atoms with Crippen molar-refractivity contribution >= 4 is 0 Å². The predicted octanol–water partition coefficient (Wildman–Crippen LogP) is 4.68. The van der Waals surface area contributed by atoms with Crippen molar-refractivity contribution in [2.75, 3.05) is 33.3 Å². The summed E-state index contributed by atoms with van der Waals surface area (Å²) in [6.07, 6.45) is 4.97. The Morgan fingerprint density at radius 2 is 1.64 bits per heavy atom. The molecule has 2 fully saturated rings. The van der Waals surface area contributed by atoms with Crippen LogP contribution < -0.4 is 4.74 Å². The van der Waals surface area contributed by atoms with Gasteiger partial charge < -0.3 is 4.74 Å². The van der Waals surface area contributed by atoms with E-state index in [1.54, 1.807) is 19.2 Å². The molecule has 0 N–H and O–H groups in total. The highest BCUT2D eigenvalue weighted by Crippen LogP contribution is 2.35. The van der Waals surface area contributed by atoms with Gasteiger partial charge in [-0.3, -0.25) is 9.80 Å². The van der Waals surface area contributed by atoms with E-state index in [4.69, 9.17) is 4.74 Å². The van der Waals surface area contributed by atoms with E-state index < -0.39 is 0 Å². The van der Waals surface area contributed by atoms with Crippen LogP contribution in [0.4, 0.5) is 4.39 Å². The Labute approximate surface area is 168 Å². The second-order valence-electron chi connectivity index (χ2n) is 8.22. The van der Waals surface area contributed by atoms with Gasteiger partial charge >= 0.3 is 0 Å². The number of benzene rings is 2. The summed E-state index contributed by atoms with van der Waals surface area (Å²) >= 11 is 0. The molecule has 150 valence electrons. The quantitative estimate of drug-likeness (QED) is 0.747. The SMILES string of the molecule is COc1cccc(CN2CCN(C3CCC(c4ccc(F)cc4)CC3)CC2)c1. The molecule has 28 heavy (non-hydrogen) atoms. The van der Waals surface area contributed by atoms with Crippen molar-refractivity contribution in [3.05, 3.63) is 65.5 Å². The monoisotopic (exact) mass is 382 g/mol. The van der Waals surface area contributed by atoms with Crippen LogP contribution in [-0.2, 0) is 6.54 Å². The lowest BCUT2D eigenvalue weighted by atomic mass is 9.81. The third kappa shape index (κ3) is 4.73. The normalized spacial score (nSPS) is 24.2. The number of ether oxygens (including phenoxy) is 1. The molecule has 0 amide bonds. The summed E-state index contributed by atoms with van der Waals surface area (Å²) in [5.41, 5.74) is 2.63. The fraction of sp³-hybridized carbons (Fsp3) is 0.500. The van der Waals surface area contributed by atoms with Crippen molar-refractivity contribution in [1.82, 2.24) is 9.80 Å². The van der Waals surface area contributed by atoms with Gasteiger partial charge in [0, 0.05) is 38.8 Å². The van der Waals surface area contributed by atoms with E-state index in [9.17, 15) is 4.39 Å². The summed E-state index contributed by atoms with van der Waals surface area (Å²) in [5, 5.41) is 0. The van der Waals surface area contributed by atoms with Gasteiger partial charge in [0.1, 0.15) is 11.6 Å². The summed E-state index contributed by atoms with van der Waals surface area (Å²) < 4.78 is 18.5. The van der Waals surface area contributed by atoms with Crippen molar-refractivity contribution in [1.29, 1.82) is 0 Å². The molecular weight excluding hydrogens is 351 g/mol. The molecule has 0 radical (unpaired) electrons. The summed E-state index contributed by atoms with van der Waals surface area (Å²) in [4.78, 5) is 5.25. The highest BCUT2D eigenvalue weighted by atomic mass is 19.1. The molecule has 0 aromatic heterocycles. The highest BCUT2D eigenvalue weighted by Gasteiger charge is 2.28. The van der Waals surface area contributed by atoms with Crippen LogP contribution in [0.15, 0.2) is 48.5 Å². The van der Waals surface area contributed by atoms with Crippen LogP contribution in [0.3, 0.4) is 0 Å². The molecule has 0 atom stereocenters. The maximum absolute atomic E-state index is 13.1. The number of methoxy groups -OCH3 is 1. The standard InChI is InChI=1S/C24H31FN2O/c1-28-24-4-2-3-19(17-24)18-26-13-15-27(16-14-26)23-11-7-21(8-12-23)20-5-9-22(25)10-6-20/h2-6,9-10,17,21,23H,7-8,11-16,18H2,1H3. The third-order valence-electron chi connectivity index (χ3n) is 6.50. The summed E-state index contributed by atoms with van der Waals surface area (Å²) in [6, 6.07) is 16.3. The molecule has 4 rings (SSSR count). The van der Waals surface area contributed by atoms with Gasteiger partial charge in [-0.1, -0.05) is 24.3 Å². The van der Waals surface area contributed by atoms with Gasteiger partial charge in [0.15, 0.2) is 0 Å². The van der Waals surface area contributed by atoms with E-state index in [0.717, 1.165) is 44.5 Å². The lowest BCUT2D eigenvalue weighted by Gasteiger charge is -2.42. The molecule has 0 bridgehead atoms. The first-order valence-electron chi connectivity index (χ1n) is 10.6. The Morgan fingerprint density at radius 1 is 0.929 bits per heavy atom. The first-order valence-corrected chi connectivity index (χ1v) is 10.6. The smallest absolute Gasteiger partial charge is 0.123 e. The summed E-state index contributed by atoms with van der Waals surface area (Å²) in [7, 11) is 1.72. The Balaban J connectivity index is 1.24. The first-order chi connectivity index (χ1) is 13.7. The molecule has 1 saturated heterocycles. The molecule has 2 aliphatic rings. The number of halogens is 1. The zero-order valence-corrected chi connectivity index (χ0v) is 16.8. The zero-order chi connectivity index (χ0) is 19.3. The fourth-order valence-corrected chi connectivity index (χ4v) is 4.82. The lowest BCUT2D eigenvalue weighted by molar-refractivity contribution is 0.0726. The minimum absolute atomic E-state index is 0.135. The second-order valence-corrected chi connectivity index (χ2v) is 8.22. The van der Waals surface area contributed by atoms with Crippen molar-refractivity contribution in [3.63, 3.8) is 0 Å². The topological polar surface area (TPSA) is 15.7 Å². The number of nitrogens with zero attached hydrogens (tertiary/aromatic N) is 2. The molecule has 2 aromatic carbocycles. The summed E-state index contributed by atoms with van der Waals surface area (Å²) in [6.45, 7) is 5.60. The van der Waals surface area contributed by atoms with Crippen molar-refractivity contribution < 1.29 is 9.13 Å². The highest BCUT2D eigenvalue weighted by molar-refractivity contribution is 5.28. The number of hydrogen-bond donors (Lipinski definition) is 0. The minimum Gasteiger partial charge on any atom is -0.497 e. The van der Waals surface area contributed by atoms with Crippen molar-refractivity contribution in [2.24, 2.45) is 0 Å². The third-order valence-corrected chi connectivity index (χ3v) is 6.50. The number of hydrogen-bond acceptors (Lipinski definition) is 3. The van der Waals surface area contributed by atoms with E-state index in [2.05, 4.69) is 28.0 Å². The molecule has 0 unspecified atom stereocenters. The molecule has 4 heteroatoms. The van der Waals surface area contributed by atoms with E-state index in [0.29, 0.717) is 5.92 Å². The molecule has 1 aliphatic carbocycles. The van der Waals surface area contributed by atoms with Crippen molar-refractivity contribution in [2.45, 2.75) is 44.2 Å². The molecular formula is C24H31FN2O. The van der Waals surface area contributed by atoms with Gasteiger partial charge in [-0.25, -0.2) is 4.39 Å². The first kappa shape index (κ1) is 19.4.